The molecule has 7 heteroatoms. The molecule has 114 valence electrons. The maximum absolute atomic E-state index is 5.11. The molecule has 22 heavy (non-hydrogen) atoms. The molecule has 2 aromatic heterocycles. The molecule has 0 spiro atoms. The largest absolute Gasteiger partial charge is 0.338 e. The summed E-state index contributed by atoms with van der Waals surface area (Å²) in [5.74, 6) is 1.19. The third-order valence-corrected chi connectivity index (χ3v) is 3.41. The second-order valence-corrected chi connectivity index (χ2v) is 5.60. The van der Waals surface area contributed by atoms with Crippen LogP contribution in [-0.4, -0.2) is 25.1 Å². The summed E-state index contributed by atoms with van der Waals surface area (Å²) in [5, 5.41) is 15.6. The number of hydrogen-bond donors (Lipinski definition) is 1. The summed E-state index contributed by atoms with van der Waals surface area (Å²) < 4.78 is 6.86. The van der Waals surface area contributed by atoms with Gasteiger partial charge >= 0.3 is 0 Å². The van der Waals surface area contributed by atoms with E-state index >= 15 is 0 Å². The van der Waals surface area contributed by atoms with Gasteiger partial charge in [0, 0.05) is 0 Å². The van der Waals surface area contributed by atoms with Gasteiger partial charge in [0.1, 0.15) is 5.69 Å². The molecule has 7 nitrogen and oxygen atoms in total. The van der Waals surface area contributed by atoms with Crippen LogP contribution in [0, 0.1) is 6.92 Å². The Morgan fingerprint density at radius 3 is 2.68 bits per heavy atom. The highest BCUT2D eigenvalue weighted by atomic mass is 16.5. The van der Waals surface area contributed by atoms with E-state index in [9.17, 15) is 0 Å². The Morgan fingerprint density at radius 2 is 2.00 bits per heavy atom. The summed E-state index contributed by atoms with van der Waals surface area (Å²) in [4.78, 5) is 4.18. The van der Waals surface area contributed by atoms with E-state index < -0.39 is 0 Å². The molecule has 0 saturated heterocycles. The molecule has 2 heterocycles. The van der Waals surface area contributed by atoms with Crippen LogP contribution in [0.2, 0.25) is 0 Å². The third kappa shape index (κ3) is 3.04. The lowest BCUT2D eigenvalue weighted by molar-refractivity contribution is 0.322. The smallest absolute Gasteiger partial charge is 0.240 e. The number of nitrogens with zero attached hydrogens (tertiary/aromatic N) is 5. The lowest BCUT2D eigenvalue weighted by atomic mass is 10.0. The van der Waals surface area contributed by atoms with E-state index in [0.29, 0.717) is 18.3 Å². The highest BCUT2D eigenvalue weighted by molar-refractivity contribution is 5.30. The van der Waals surface area contributed by atoms with E-state index in [-0.39, 0.29) is 5.54 Å². The Hall–Kier alpha value is -2.54. The number of benzene rings is 1. The molecule has 0 unspecified atom stereocenters. The van der Waals surface area contributed by atoms with Crippen LogP contribution in [0.5, 0.6) is 0 Å². The van der Waals surface area contributed by atoms with E-state index in [1.165, 1.54) is 0 Å². The zero-order chi connectivity index (χ0) is 15.6. The molecule has 0 aliphatic rings. The van der Waals surface area contributed by atoms with Gasteiger partial charge in [0.25, 0.3) is 0 Å². The summed E-state index contributed by atoms with van der Waals surface area (Å²) in [6, 6.07) is 9.88. The van der Waals surface area contributed by atoms with Crippen LogP contribution in [0.1, 0.15) is 31.3 Å². The Kier molecular flexibility index (Phi) is 3.72. The monoisotopic (exact) mass is 298 g/mol. The number of nitrogens with one attached hydrogen (secondary N) is 1. The lowest BCUT2D eigenvalue weighted by Gasteiger charge is -2.22. The van der Waals surface area contributed by atoms with Gasteiger partial charge in [-0.2, -0.15) is 4.98 Å². The van der Waals surface area contributed by atoms with E-state index in [2.05, 4.69) is 25.8 Å². The fraction of sp³-hybridized carbons (Fsp3) is 0.333. The van der Waals surface area contributed by atoms with Crippen molar-refractivity contribution in [2.75, 3.05) is 0 Å². The molecule has 0 atom stereocenters. The molecule has 1 N–H and O–H groups in total. The van der Waals surface area contributed by atoms with Gasteiger partial charge in [0.05, 0.1) is 24.0 Å². The van der Waals surface area contributed by atoms with Crippen molar-refractivity contribution in [2.24, 2.45) is 0 Å². The van der Waals surface area contributed by atoms with Gasteiger partial charge in [-0.25, -0.2) is 4.68 Å². The molecule has 3 rings (SSSR count). The zero-order valence-corrected chi connectivity index (χ0v) is 12.8. The number of rotatable bonds is 5. The minimum Gasteiger partial charge on any atom is -0.338 e. The first-order valence-electron chi connectivity index (χ1n) is 7.07. The minimum absolute atomic E-state index is 0.366. The Labute approximate surface area is 128 Å². The van der Waals surface area contributed by atoms with E-state index in [1.807, 2.05) is 50.4 Å². The number of aryl methyl sites for hydroxylation is 1. The minimum atomic E-state index is -0.366. The van der Waals surface area contributed by atoms with Crippen LogP contribution < -0.4 is 5.32 Å². The van der Waals surface area contributed by atoms with Gasteiger partial charge < -0.3 is 4.52 Å². The van der Waals surface area contributed by atoms with Crippen molar-refractivity contribution in [3.8, 4) is 5.69 Å². The quantitative estimate of drug-likeness (QED) is 0.775. The van der Waals surface area contributed by atoms with Gasteiger partial charge in [0.2, 0.25) is 5.89 Å². The van der Waals surface area contributed by atoms with Gasteiger partial charge in [-0.3, -0.25) is 5.32 Å². The first-order valence-corrected chi connectivity index (χ1v) is 7.07. The molecule has 1 aromatic carbocycles. The molecule has 0 fully saturated rings. The summed E-state index contributed by atoms with van der Waals surface area (Å²) in [6.45, 7) is 6.35. The molecular formula is C15H18N6O. The molecular weight excluding hydrogens is 280 g/mol. The number of para-hydroxylation sites is 1. The second-order valence-electron chi connectivity index (χ2n) is 5.60. The topological polar surface area (TPSA) is 81.7 Å². The summed E-state index contributed by atoms with van der Waals surface area (Å²) in [7, 11) is 0. The fourth-order valence-electron chi connectivity index (χ4n) is 2.06. The predicted molar refractivity (Wildman–Crippen MR) is 80.3 cm³/mol. The summed E-state index contributed by atoms with van der Waals surface area (Å²) >= 11 is 0. The highest BCUT2D eigenvalue weighted by Crippen LogP contribution is 2.19. The molecule has 0 aliphatic heterocycles. The van der Waals surface area contributed by atoms with Crippen LogP contribution in [0.4, 0.5) is 0 Å². The average molecular weight is 298 g/mol. The van der Waals surface area contributed by atoms with Gasteiger partial charge in [-0.1, -0.05) is 28.6 Å². The SMILES string of the molecule is Cc1noc(CNC(C)(C)c2cn(-c3ccccc3)nn2)n1. The van der Waals surface area contributed by atoms with Crippen molar-refractivity contribution >= 4 is 0 Å². The molecule has 3 aromatic rings. The Morgan fingerprint density at radius 1 is 1.23 bits per heavy atom. The molecule has 0 saturated carbocycles. The fourth-order valence-corrected chi connectivity index (χ4v) is 2.06. The Balaban J connectivity index is 1.73. The van der Waals surface area contributed by atoms with Crippen molar-refractivity contribution < 1.29 is 4.52 Å². The van der Waals surface area contributed by atoms with Gasteiger partial charge in [-0.15, -0.1) is 5.10 Å². The second kappa shape index (κ2) is 5.69. The predicted octanol–water partition coefficient (Wildman–Crippen LogP) is 1.98. The normalized spacial score (nSPS) is 11.8. The number of hydrogen-bond acceptors (Lipinski definition) is 6. The van der Waals surface area contributed by atoms with Crippen molar-refractivity contribution in [1.29, 1.82) is 0 Å². The van der Waals surface area contributed by atoms with Crippen molar-refractivity contribution in [2.45, 2.75) is 32.9 Å². The maximum Gasteiger partial charge on any atom is 0.240 e. The highest BCUT2D eigenvalue weighted by Gasteiger charge is 2.24. The first kappa shape index (κ1) is 14.4. The zero-order valence-electron chi connectivity index (χ0n) is 12.8. The van der Waals surface area contributed by atoms with Gasteiger partial charge in [-0.05, 0) is 32.9 Å². The number of aromatic nitrogens is 5. The Bertz CT molecular complexity index is 746. The van der Waals surface area contributed by atoms with Crippen molar-refractivity contribution in [1.82, 2.24) is 30.5 Å². The molecule has 0 radical (unpaired) electrons. The summed E-state index contributed by atoms with van der Waals surface area (Å²) in [5.41, 5.74) is 1.45. The lowest BCUT2D eigenvalue weighted by Crippen LogP contribution is -2.36. The van der Waals surface area contributed by atoms with Crippen LogP contribution in [0.15, 0.2) is 41.1 Å². The van der Waals surface area contributed by atoms with Crippen LogP contribution >= 0.6 is 0 Å². The van der Waals surface area contributed by atoms with Crippen molar-refractivity contribution in [3.63, 3.8) is 0 Å². The van der Waals surface area contributed by atoms with Crippen LogP contribution in [0.3, 0.4) is 0 Å². The van der Waals surface area contributed by atoms with E-state index in [0.717, 1.165) is 11.4 Å². The molecule has 0 bridgehead atoms. The summed E-state index contributed by atoms with van der Waals surface area (Å²) in [6.07, 6.45) is 1.92. The van der Waals surface area contributed by atoms with E-state index in [1.54, 1.807) is 11.6 Å². The standard InChI is InChI=1S/C15H18N6O/c1-11-17-14(22-19-11)9-16-15(2,3)13-10-21(20-18-13)12-7-5-4-6-8-12/h4-8,10,16H,9H2,1-3H3. The van der Waals surface area contributed by atoms with Crippen LogP contribution in [-0.2, 0) is 12.1 Å². The van der Waals surface area contributed by atoms with E-state index in [4.69, 9.17) is 4.52 Å². The average Bonchev–Trinajstić information content (AvgIpc) is 3.15. The third-order valence-electron chi connectivity index (χ3n) is 3.41. The van der Waals surface area contributed by atoms with Gasteiger partial charge in [0.15, 0.2) is 5.82 Å². The molecule has 0 amide bonds. The maximum atomic E-state index is 5.11. The molecule has 0 aliphatic carbocycles. The first-order chi connectivity index (χ1) is 10.5. The van der Waals surface area contributed by atoms with Crippen LogP contribution in [0.25, 0.3) is 5.69 Å². The van der Waals surface area contributed by atoms with Crippen molar-refractivity contribution in [3.05, 3.63) is 53.9 Å².